The molecular weight excluding hydrogens is 170 g/mol. The predicted molar refractivity (Wildman–Crippen MR) is 49.9 cm³/mol. The van der Waals surface area contributed by atoms with E-state index < -0.39 is 0 Å². The van der Waals surface area contributed by atoms with E-state index in [1.54, 1.807) is 14.0 Å². The number of nitrogens with one attached hydrogen (secondary N) is 2. The van der Waals surface area contributed by atoms with Gasteiger partial charge in [0.1, 0.15) is 0 Å². The number of nitrogens with two attached hydrogens (primary N) is 1. The topological polar surface area (TPSA) is 84.2 Å². The molecule has 0 aliphatic heterocycles. The van der Waals surface area contributed by atoms with Crippen LogP contribution in [0.3, 0.4) is 0 Å². The molecule has 5 heteroatoms. The Kier molecular flexibility index (Phi) is 5.88. The van der Waals surface area contributed by atoms with Crippen LogP contribution in [0.2, 0.25) is 0 Å². The molecule has 5 nitrogen and oxygen atoms in total. The first-order valence-corrected chi connectivity index (χ1v) is 4.30. The van der Waals surface area contributed by atoms with Crippen LogP contribution < -0.4 is 16.4 Å². The lowest BCUT2D eigenvalue weighted by Gasteiger charge is -2.08. The van der Waals surface area contributed by atoms with E-state index in [-0.39, 0.29) is 17.7 Å². The van der Waals surface area contributed by atoms with E-state index in [1.165, 1.54) is 0 Å². The number of hydrogen-bond donors (Lipinski definition) is 3. The van der Waals surface area contributed by atoms with E-state index in [1.807, 2.05) is 0 Å². The van der Waals surface area contributed by atoms with Crippen molar-refractivity contribution in [1.82, 2.24) is 10.6 Å². The van der Waals surface area contributed by atoms with Crippen LogP contribution in [0.1, 0.15) is 13.3 Å². The Bertz CT molecular complexity index is 182. The van der Waals surface area contributed by atoms with E-state index in [2.05, 4.69) is 10.6 Å². The van der Waals surface area contributed by atoms with Crippen molar-refractivity contribution >= 4 is 11.8 Å². The molecule has 0 heterocycles. The van der Waals surface area contributed by atoms with E-state index in [0.717, 1.165) is 0 Å². The van der Waals surface area contributed by atoms with Crippen LogP contribution in [0, 0.1) is 5.92 Å². The molecule has 0 bridgehead atoms. The van der Waals surface area contributed by atoms with Gasteiger partial charge in [0, 0.05) is 32.5 Å². The van der Waals surface area contributed by atoms with Gasteiger partial charge >= 0.3 is 0 Å². The fourth-order valence-corrected chi connectivity index (χ4v) is 0.705. The van der Waals surface area contributed by atoms with Crippen LogP contribution in [0.25, 0.3) is 0 Å². The van der Waals surface area contributed by atoms with Gasteiger partial charge < -0.3 is 16.4 Å². The number of carbonyl (C=O) groups excluding carboxylic acids is 2. The molecule has 0 aliphatic carbocycles. The van der Waals surface area contributed by atoms with Gasteiger partial charge in [-0.2, -0.15) is 0 Å². The summed E-state index contributed by atoms with van der Waals surface area (Å²) in [6.07, 6.45) is 0.305. The van der Waals surface area contributed by atoms with Crippen molar-refractivity contribution in [3.8, 4) is 0 Å². The van der Waals surface area contributed by atoms with E-state index in [4.69, 9.17) is 5.73 Å². The molecular formula is C8H17N3O2. The monoisotopic (exact) mass is 187 g/mol. The standard InChI is InChI=1S/C8H17N3O2/c1-6(5-9)8(13)11-4-3-7(12)10-2/h6H,3-5,9H2,1-2H3,(H,10,12)(H,11,13). The van der Waals surface area contributed by atoms with Gasteiger partial charge in [-0.3, -0.25) is 9.59 Å². The Morgan fingerprint density at radius 2 is 2.08 bits per heavy atom. The van der Waals surface area contributed by atoms with Crippen LogP contribution in [0.15, 0.2) is 0 Å². The zero-order valence-electron chi connectivity index (χ0n) is 8.09. The molecule has 0 aliphatic rings. The summed E-state index contributed by atoms with van der Waals surface area (Å²) >= 11 is 0. The van der Waals surface area contributed by atoms with Gasteiger partial charge in [-0.25, -0.2) is 0 Å². The zero-order valence-corrected chi connectivity index (χ0v) is 8.09. The van der Waals surface area contributed by atoms with E-state index in [9.17, 15) is 9.59 Å². The highest BCUT2D eigenvalue weighted by molar-refractivity contribution is 5.80. The molecule has 0 spiro atoms. The molecule has 2 amide bonds. The first-order valence-electron chi connectivity index (χ1n) is 4.30. The van der Waals surface area contributed by atoms with Crippen molar-refractivity contribution in [2.75, 3.05) is 20.1 Å². The lowest BCUT2D eigenvalue weighted by atomic mass is 10.2. The maximum absolute atomic E-state index is 11.1. The van der Waals surface area contributed by atoms with Gasteiger partial charge in [0.15, 0.2) is 0 Å². The summed E-state index contributed by atoms with van der Waals surface area (Å²) in [7, 11) is 1.56. The van der Waals surface area contributed by atoms with Crippen molar-refractivity contribution in [2.45, 2.75) is 13.3 Å². The zero-order chi connectivity index (χ0) is 10.3. The van der Waals surface area contributed by atoms with Gasteiger partial charge in [-0.05, 0) is 0 Å². The van der Waals surface area contributed by atoms with Crippen molar-refractivity contribution < 1.29 is 9.59 Å². The third-order valence-electron chi connectivity index (χ3n) is 1.73. The Morgan fingerprint density at radius 1 is 1.46 bits per heavy atom. The molecule has 4 N–H and O–H groups in total. The Morgan fingerprint density at radius 3 is 2.54 bits per heavy atom. The second-order valence-electron chi connectivity index (χ2n) is 2.85. The van der Waals surface area contributed by atoms with Crippen LogP contribution in [-0.4, -0.2) is 32.0 Å². The minimum absolute atomic E-state index is 0.0827. The van der Waals surface area contributed by atoms with E-state index >= 15 is 0 Å². The van der Waals surface area contributed by atoms with Gasteiger partial charge in [0.05, 0.1) is 0 Å². The highest BCUT2D eigenvalue weighted by Crippen LogP contribution is 1.90. The van der Waals surface area contributed by atoms with Gasteiger partial charge in [0.25, 0.3) is 0 Å². The number of amides is 2. The molecule has 0 aromatic carbocycles. The third-order valence-corrected chi connectivity index (χ3v) is 1.73. The Balaban J connectivity index is 3.53. The van der Waals surface area contributed by atoms with Crippen LogP contribution in [0.4, 0.5) is 0 Å². The molecule has 13 heavy (non-hydrogen) atoms. The first-order chi connectivity index (χ1) is 6.11. The van der Waals surface area contributed by atoms with Crippen molar-refractivity contribution in [2.24, 2.45) is 11.7 Å². The number of rotatable bonds is 5. The van der Waals surface area contributed by atoms with Crippen molar-refractivity contribution in [3.63, 3.8) is 0 Å². The fourth-order valence-electron chi connectivity index (χ4n) is 0.705. The quantitative estimate of drug-likeness (QED) is 0.507. The summed E-state index contributed by atoms with van der Waals surface area (Å²) < 4.78 is 0. The van der Waals surface area contributed by atoms with Gasteiger partial charge in [-0.15, -0.1) is 0 Å². The molecule has 0 fully saturated rings. The Labute approximate surface area is 78.1 Å². The second-order valence-corrected chi connectivity index (χ2v) is 2.85. The SMILES string of the molecule is CNC(=O)CCNC(=O)C(C)CN. The lowest BCUT2D eigenvalue weighted by Crippen LogP contribution is -2.35. The largest absolute Gasteiger partial charge is 0.359 e. The molecule has 0 saturated carbocycles. The van der Waals surface area contributed by atoms with Gasteiger partial charge in [-0.1, -0.05) is 6.92 Å². The number of hydrogen-bond acceptors (Lipinski definition) is 3. The van der Waals surface area contributed by atoms with Gasteiger partial charge in [0.2, 0.25) is 11.8 Å². The normalized spacial score (nSPS) is 11.9. The molecule has 0 radical (unpaired) electrons. The summed E-state index contributed by atoms with van der Waals surface area (Å²) in [5.74, 6) is -0.378. The smallest absolute Gasteiger partial charge is 0.224 e. The molecule has 0 aromatic heterocycles. The molecule has 0 saturated heterocycles. The molecule has 1 atom stereocenters. The molecule has 0 rings (SSSR count). The second kappa shape index (κ2) is 6.42. The highest BCUT2D eigenvalue weighted by atomic mass is 16.2. The van der Waals surface area contributed by atoms with Crippen molar-refractivity contribution in [1.29, 1.82) is 0 Å². The fraction of sp³-hybridized carbons (Fsp3) is 0.750. The third kappa shape index (κ3) is 5.19. The molecule has 1 unspecified atom stereocenters. The summed E-state index contributed by atoms with van der Waals surface area (Å²) in [5.41, 5.74) is 5.29. The summed E-state index contributed by atoms with van der Waals surface area (Å²) in [4.78, 5) is 21.9. The van der Waals surface area contributed by atoms with E-state index in [0.29, 0.717) is 19.5 Å². The highest BCUT2D eigenvalue weighted by Gasteiger charge is 2.09. The predicted octanol–water partition coefficient (Wildman–Crippen LogP) is -1.17. The first kappa shape index (κ1) is 11.9. The van der Waals surface area contributed by atoms with Crippen LogP contribution >= 0.6 is 0 Å². The minimum Gasteiger partial charge on any atom is -0.359 e. The summed E-state index contributed by atoms with van der Waals surface area (Å²) in [6.45, 7) is 2.43. The molecule has 0 aromatic rings. The minimum atomic E-state index is -0.190. The van der Waals surface area contributed by atoms with Crippen LogP contribution in [0.5, 0.6) is 0 Å². The lowest BCUT2D eigenvalue weighted by molar-refractivity contribution is -0.124. The number of carbonyl (C=O) groups is 2. The van der Waals surface area contributed by atoms with Crippen molar-refractivity contribution in [3.05, 3.63) is 0 Å². The maximum atomic E-state index is 11.1. The molecule has 76 valence electrons. The summed E-state index contributed by atoms with van der Waals surface area (Å²) in [5, 5.41) is 5.09. The maximum Gasteiger partial charge on any atom is 0.224 e. The van der Waals surface area contributed by atoms with Crippen LogP contribution in [-0.2, 0) is 9.59 Å². The average Bonchev–Trinajstić information content (AvgIpc) is 2.15. The Hall–Kier alpha value is -1.10. The summed E-state index contributed by atoms with van der Waals surface area (Å²) in [6, 6.07) is 0. The average molecular weight is 187 g/mol.